The molecule has 3 nitrogen and oxygen atoms in total. The van der Waals surface area contributed by atoms with Gasteiger partial charge in [0.1, 0.15) is 0 Å². The van der Waals surface area contributed by atoms with E-state index in [1.54, 1.807) is 11.3 Å². The molecule has 0 spiro atoms. The molecule has 0 aliphatic rings. The number of nitrogens with zero attached hydrogens (tertiary/aromatic N) is 1. The number of anilines is 1. The zero-order valence-corrected chi connectivity index (χ0v) is 15.7. The number of hydrogen-bond acceptors (Lipinski definition) is 3. The normalized spacial score (nSPS) is 10.6. The molecule has 5 heteroatoms. The summed E-state index contributed by atoms with van der Waals surface area (Å²) in [7, 11) is 0. The van der Waals surface area contributed by atoms with Crippen LogP contribution in [0.1, 0.15) is 17.4 Å². The number of nitrogens with one attached hydrogen (secondary N) is 1. The van der Waals surface area contributed by atoms with Gasteiger partial charge in [-0.1, -0.05) is 65.3 Å². The van der Waals surface area contributed by atoms with Crippen LogP contribution in [0.3, 0.4) is 0 Å². The summed E-state index contributed by atoms with van der Waals surface area (Å²) in [5.74, 6) is -0.0417. The van der Waals surface area contributed by atoms with E-state index in [0.29, 0.717) is 11.6 Å². The third-order valence-corrected chi connectivity index (χ3v) is 5.23. The minimum Gasteiger partial charge on any atom is -0.302 e. The van der Waals surface area contributed by atoms with Crippen LogP contribution in [0.5, 0.6) is 0 Å². The molecule has 122 valence electrons. The molecule has 1 aromatic heterocycles. The van der Waals surface area contributed by atoms with Crippen LogP contribution in [0, 0.1) is 0 Å². The molecular formula is C19H17BrN2OS. The van der Waals surface area contributed by atoms with Crippen molar-refractivity contribution < 1.29 is 4.79 Å². The number of benzene rings is 2. The predicted octanol–water partition coefficient (Wildman–Crippen LogP) is 5.32. The van der Waals surface area contributed by atoms with E-state index in [0.717, 1.165) is 27.7 Å². The number of rotatable bonds is 5. The minimum atomic E-state index is -0.0417. The second-order valence-corrected chi connectivity index (χ2v) is 7.36. The van der Waals surface area contributed by atoms with Crippen LogP contribution in [0.2, 0.25) is 0 Å². The van der Waals surface area contributed by atoms with Gasteiger partial charge in [-0.05, 0) is 24.1 Å². The van der Waals surface area contributed by atoms with Crippen molar-refractivity contribution in [3.8, 4) is 11.3 Å². The third kappa shape index (κ3) is 4.10. The third-order valence-electron chi connectivity index (χ3n) is 3.59. The van der Waals surface area contributed by atoms with Crippen LogP contribution < -0.4 is 5.32 Å². The van der Waals surface area contributed by atoms with E-state index >= 15 is 0 Å². The average Bonchev–Trinajstić information content (AvgIpc) is 2.99. The van der Waals surface area contributed by atoms with Crippen molar-refractivity contribution in [2.45, 2.75) is 19.8 Å². The molecule has 0 radical (unpaired) electrons. The molecule has 2 aromatic carbocycles. The quantitative estimate of drug-likeness (QED) is 0.629. The van der Waals surface area contributed by atoms with Gasteiger partial charge in [-0.25, -0.2) is 4.98 Å². The summed E-state index contributed by atoms with van der Waals surface area (Å²) < 4.78 is 1.04. The van der Waals surface area contributed by atoms with Crippen LogP contribution in [0.4, 0.5) is 5.13 Å². The molecule has 3 rings (SSSR count). The lowest BCUT2D eigenvalue weighted by atomic mass is 10.1. The lowest BCUT2D eigenvalue weighted by molar-refractivity contribution is -0.115. The highest BCUT2D eigenvalue weighted by molar-refractivity contribution is 9.10. The Bertz CT molecular complexity index is 828. The summed E-state index contributed by atoms with van der Waals surface area (Å²) in [6, 6.07) is 17.8. The predicted molar refractivity (Wildman–Crippen MR) is 103 cm³/mol. The van der Waals surface area contributed by atoms with E-state index < -0.39 is 0 Å². The van der Waals surface area contributed by atoms with E-state index in [4.69, 9.17) is 0 Å². The summed E-state index contributed by atoms with van der Waals surface area (Å²) in [5, 5.41) is 3.58. The van der Waals surface area contributed by atoms with Crippen LogP contribution in [0.15, 0.2) is 59.1 Å². The Labute approximate surface area is 153 Å². The Kier molecular flexibility index (Phi) is 5.43. The van der Waals surface area contributed by atoms with Gasteiger partial charge in [0.05, 0.1) is 12.1 Å². The Hall–Kier alpha value is -1.98. The van der Waals surface area contributed by atoms with E-state index in [1.165, 1.54) is 4.88 Å². The van der Waals surface area contributed by atoms with Gasteiger partial charge in [0.2, 0.25) is 5.91 Å². The molecule has 0 fully saturated rings. The van der Waals surface area contributed by atoms with E-state index in [9.17, 15) is 4.79 Å². The number of amides is 1. The summed E-state index contributed by atoms with van der Waals surface area (Å²) in [4.78, 5) is 18.0. The van der Waals surface area contributed by atoms with Crippen LogP contribution in [0.25, 0.3) is 11.3 Å². The molecule has 0 saturated heterocycles. The molecule has 0 aliphatic heterocycles. The first-order valence-corrected chi connectivity index (χ1v) is 9.36. The molecule has 0 saturated carbocycles. The van der Waals surface area contributed by atoms with Crippen LogP contribution >= 0.6 is 27.3 Å². The summed E-state index contributed by atoms with van der Waals surface area (Å²) in [5.41, 5.74) is 3.01. The van der Waals surface area contributed by atoms with Crippen molar-refractivity contribution in [1.82, 2.24) is 4.98 Å². The van der Waals surface area contributed by atoms with Crippen molar-refractivity contribution in [2.24, 2.45) is 0 Å². The first-order chi connectivity index (χ1) is 11.7. The Morgan fingerprint density at radius 2 is 1.83 bits per heavy atom. The molecule has 3 aromatic rings. The van der Waals surface area contributed by atoms with Gasteiger partial charge < -0.3 is 5.32 Å². The molecule has 1 N–H and O–H groups in total. The van der Waals surface area contributed by atoms with Gasteiger partial charge >= 0.3 is 0 Å². The zero-order chi connectivity index (χ0) is 16.9. The number of carbonyl (C=O) groups is 1. The molecule has 0 unspecified atom stereocenters. The molecule has 1 heterocycles. The fraction of sp³-hybridized carbons (Fsp3) is 0.158. The maximum Gasteiger partial charge on any atom is 0.230 e. The largest absolute Gasteiger partial charge is 0.302 e. The SMILES string of the molecule is CCc1sc(NC(=O)Cc2ccccc2)nc1-c1ccc(Br)cc1. The lowest BCUT2D eigenvalue weighted by Crippen LogP contribution is -2.14. The minimum absolute atomic E-state index is 0.0417. The first-order valence-electron chi connectivity index (χ1n) is 7.75. The van der Waals surface area contributed by atoms with Crippen molar-refractivity contribution in [1.29, 1.82) is 0 Å². The van der Waals surface area contributed by atoms with Gasteiger partial charge in [0.25, 0.3) is 0 Å². The van der Waals surface area contributed by atoms with E-state index in [1.807, 2.05) is 54.6 Å². The monoisotopic (exact) mass is 400 g/mol. The highest BCUT2D eigenvalue weighted by Gasteiger charge is 2.14. The number of aromatic nitrogens is 1. The van der Waals surface area contributed by atoms with Gasteiger partial charge in [-0.15, -0.1) is 11.3 Å². The topological polar surface area (TPSA) is 42.0 Å². The number of hydrogen-bond donors (Lipinski definition) is 1. The Morgan fingerprint density at radius 3 is 2.50 bits per heavy atom. The molecule has 0 bridgehead atoms. The molecule has 1 amide bonds. The van der Waals surface area contributed by atoms with E-state index in [-0.39, 0.29) is 5.91 Å². The van der Waals surface area contributed by atoms with Gasteiger partial charge in [-0.2, -0.15) is 0 Å². The Balaban J connectivity index is 1.77. The van der Waals surface area contributed by atoms with Crippen molar-refractivity contribution >= 4 is 38.3 Å². The fourth-order valence-electron chi connectivity index (χ4n) is 2.42. The molecule has 0 atom stereocenters. The van der Waals surface area contributed by atoms with Gasteiger partial charge in [0.15, 0.2) is 5.13 Å². The summed E-state index contributed by atoms with van der Waals surface area (Å²) >= 11 is 4.99. The second-order valence-electron chi connectivity index (χ2n) is 5.36. The van der Waals surface area contributed by atoms with Crippen LogP contribution in [-0.4, -0.2) is 10.9 Å². The molecule has 24 heavy (non-hydrogen) atoms. The molecular weight excluding hydrogens is 384 g/mol. The van der Waals surface area contributed by atoms with Gasteiger partial charge in [0, 0.05) is 14.9 Å². The van der Waals surface area contributed by atoms with Crippen molar-refractivity contribution in [2.75, 3.05) is 5.32 Å². The maximum atomic E-state index is 12.2. The zero-order valence-electron chi connectivity index (χ0n) is 13.3. The highest BCUT2D eigenvalue weighted by atomic mass is 79.9. The first kappa shape index (κ1) is 16.9. The van der Waals surface area contributed by atoms with Crippen molar-refractivity contribution in [3.05, 3.63) is 69.5 Å². The van der Waals surface area contributed by atoms with Crippen molar-refractivity contribution in [3.63, 3.8) is 0 Å². The maximum absolute atomic E-state index is 12.2. The summed E-state index contributed by atoms with van der Waals surface area (Å²) in [6.45, 7) is 2.10. The second kappa shape index (κ2) is 7.73. The van der Waals surface area contributed by atoms with Gasteiger partial charge in [-0.3, -0.25) is 4.79 Å². The highest BCUT2D eigenvalue weighted by Crippen LogP contribution is 2.32. The number of carbonyl (C=O) groups excluding carboxylic acids is 1. The fourth-order valence-corrected chi connectivity index (χ4v) is 3.63. The average molecular weight is 401 g/mol. The lowest BCUT2D eigenvalue weighted by Gasteiger charge is -2.02. The number of aryl methyl sites for hydroxylation is 1. The Morgan fingerprint density at radius 1 is 1.12 bits per heavy atom. The molecule has 0 aliphatic carbocycles. The summed E-state index contributed by atoms with van der Waals surface area (Å²) in [6.07, 6.45) is 1.24. The van der Waals surface area contributed by atoms with Crippen LogP contribution in [-0.2, 0) is 17.6 Å². The number of thiazole rings is 1. The smallest absolute Gasteiger partial charge is 0.230 e. The number of halogens is 1. The van der Waals surface area contributed by atoms with E-state index in [2.05, 4.69) is 33.2 Å². The standard InChI is InChI=1S/C19H17BrN2OS/c1-2-16-18(14-8-10-15(20)11-9-14)22-19(24-16)21-17(23)12-13-6-4-3-5-7-13/h3-11H,2,12H2,1H3,(H,21,22,23).